The average molecular weight is 603 g/mol. The summed E-state index contributed by atoms with van der Waals surface area (Å²) in [5.41, 5.74) is 9.79. The molecule has 4 aromatic rings. The summed E-state index contributed by atoms with van der Waals surface area (Å²) in [5.74, 6) is 1.58. The van der Waals surface area contributed by atoms with Gasteiger partial charge in [-0.3, -0.25) is 4.90 Å². The molecule has 0 unspecified atom stereocenters. The van der Waals surface area contributed by atoms with E-state index in [1.165, 1.54) is 12.4 Å². The Morgan fingerprint density at radius 3 is 2.48 bits per heavy atom. The predicted molar refractivity (Wildman–Crippen MR) is 177 cm³/mol. The molecule has 0 spiro atoms. The minimum absolute atomic E-state index is 0.221. The lowest BCUT2D eigenvalue weighted by molar-refractivity contribution is 0.0815. The molecule has 0 atom stereocenters. The van der Waals surface area contributed by atoms with E-state index in [1.54, 1.807) is 6.07 Å². The number of allylic oxidation sites excluding steroid dienone is 1. The topological polar surface area (TPSA) is 101 Å². The molecule has 6 rings (SSSR count). The maximum Gasteiger partial charge on any atom is 0.164 e. The van der Waals surface area contributed by atoms with Gasteiger partial charge in [0, 0.05) is 37.8 Å². The molecule has 10 heteroatoms. The second-order valence-electron chi connectivity index (χ2n) is 11.7. The van der Waals surface area contributed by atoms with Crippen molar-refractivity contribution in [3.63, 3.8) is 0 Å². The van der Waals surface area contributed by atoms with E-state index in [0.29, 0.717) is 46.4 Å². The first-order valence-corrected chi connectivity index (χ1v) is 16.1. The number of hydrogen-bond acceptors (Lipinski definition) is 8. The number of aryl methyl sites for hydroxylation is 1. The average Bonchev–Trinajstić information content (AvgIpc) is 3.61. The van der Waals surface area contributed by atoms with Crippen molar-refractivity contribution in [3.8, 4) is 11.3 Å². The van der Waals surface area contributed by atoms with Crippen molar-refractivity contribution >= 4 is 28.6 Å². The summed E-state index contributed by atoms with van der Waals surface area (Å²) in [6, 6.07) is 7.94. The van der Waals surface area contributed by atoms with Crippen LogP contribution in [-0.2, 0) is 6.54 Å². The van der Waals surface area contributed by atoms with Crippen LogP contribution in [0.4, 0.5) is 15.9 Å². The van der Waals surface area contributed by atoms with Gasteiger partial charge < -0.3 is 20.4 Å². The fourth-order valence-electron chi connectivity index (χ4n) is 6.34. The molecule has 9 nitrogen and oxygen atoms in total. The molecule has 236 valence electrons. The Balaban J connectivity index is 0.00000188. The van der Waals surface area contributed by atoms with Crippen LogP contribution in [0.2, 0.25) is 0 Å². The van der Waals surface area contributed by atoms with Crippen LogP contribution in [-0.4, -0.2) is 68.8 Å². The zero-order valence-corrected chi connectivity index (χ0v) is 26.8. The number of likely N-dealkylation sites (N-methyl/N-ethyl adjacent to an activating group) is 1. The molecule has 1 aliphatic heterocycles. The second-order valence-corrected chi connectivity index (χ2v) is 11.7. The zero-order chi connectivity index (χ0) is 31.2. The van der Waals surface area contributed by atoms with Crippen LogP contribution >= 0.6 is 0 Å². The van der Waals surface area contributed by atoms with Crippen molar-refractivity contribution in [2.45, 2.75) is 78.4 Å². The number of benzene rings is 1. The smallest absolute Gasteiger partial charge is 0.164 e. The van der Waals surface area contributed by atoms with Crippen molar-refractivity contribution in [1.29, 1.82) is 0 Å². The van der Waals surface area contributed by atoms with Gasteiger partial charge >= 0.3 is 0 Å². The SMILES string of the molecule is CC.CC/C=C\c1oc(CNc2ccc(-c3nn(C4CCC(N5CCN(C)CC5)CC4)c4ncnc(N)c34)cc2F)cc1C. The maximum absolute atomic E-state index is 15.4. The molecule has 1 saturated heterocycles. The van der Waals surface area contributed by atoms with E-state index in [2.05, 4.69) is 45.1 Å². The number of piperazine rings is 1. The van der Waals surface area contributed by atoms with Crippen molar-refractivity contribution in [2.24, 2.45) is 0 Å². The molecule has 1 saturated carbocycles. The van der Waals surface area contributed by atoms with Crippen molar-refractivity contribution < 1.29 is 8.81 Å². The summed E-state index contributed by atoms with van der Waals surface area (Å²) in [7, 11) is 2.20. The summed E-state index contributed by atoms with van der Waals surface area (Å²) < 4.78 is 23.3. The minimum Gasteiger partial charge on any atom is -0.460 e. The lowest BCUT2D eigenvalue weighted by atomic mass is 9.90. The number of nitrogens with one attached hydrogen (secondary N) is 1. The third-order valence-corrected chi connectivity index (χ3v) is 8.79. The van der Waals surface area contributed by atoms with Crippen LogP contribution in [0, 0.1) is 12.7 Å². The molecule has 1 aliphatic carbocycles. The van der Waals surface area contributed by atoms with Gasteiger partial charge in [-0.25, -0.2) is 19.0 Å². The Morgan fingerprint density at radius 1 is 1.05 bits per heavy atom. The second kappa shape index (κ2) is 14.3. The number of rotatable bonds is 8. The predicted octanol–water partition coefficient (Wildman–Crippen LogP) is 6.91. The van der Waals surface area contributed by atoms with Gasteiger partial charge in [0.05, 0.1) is 23.7 Å². The van der Waals surface area contributed by atoms with Gasteiger partial charge in [-0.05, 0) is 75.9 Å². The molecule has 3 N–H and O–H groups in total. The van der Waals surface area contributed by atoms with Crippen LogP contribution in [0.25, 0.3) is 28.4 Å². The van der Waals surface area contributed by atoms with Crippen LogP contribution in [0.15, 0.2) is 41.1 Å². The summed E-state index contributed by atoms with van der Waals surface area (Å²) >= 11 is 0. The van der Waals surface area contributed by atoms with Gasteiger partial charge in [-0.1, -0.05) is 32.9 Å². The summed E-state index contributed by atoms with van der Waals surface area (Å²) in [6.45, 7) is 13.0. The van der Waals surface area contributed by atoms with Gasteiger partial charge in [0.2, 0.25) is 0 Å². The Bertz CT molecular complexity index is 1560. The molecule has 0 amide bonds. The molecule has 3 aromatic heterocycles. The summed E-state index contributed by atoms with van der Waals surface area (Å²) in [6.07, 6.45) is 10.8. The molecule has 0 radical (unpaired) electrons. The Kier molecular flexibility index (Phi) is 10.3. The highest BCUT2D eigenvalue weighted by Gasteiger charge is 2.30. The Hall–Kier alpha value is -3.76. The van der Waals surface area contributed by atoms with Crippen LogP contribution in [0.1, 0.15) is 76.0 Å². The highest BCUT2D eigenvalue weighted by atomic mass is 19.1. The normalized spacial score (nSPS) is 19.8. The van der Waals surface area contributed by atoms with Crippen molar-refractivity contribution in [3.05, 3.63) is 59.6 Å². The summed E-state index contributed by atoms with van der Waals surface area (Å²) in [4.78, 5) is 13.9. The molecule has 4 heterocycles. The molecular weight excluding hydrogens is 555 g/mol. The highest BCUT2D eigenvalue weighted by Crippen LogP contribution is 2.37. The van der Waals surface area contributed by atoms with Gasteiger partial charge in [0.25, 0.3) is 0 Å². The van der Waals surface area contributed by atoms with Gasteiger partial charge in [-0.15, -0.1) is 0 Å². The Morgan fingerprint density at radius 2 is 1.77 bits per heavy atom. The number of nitrogens with zero attached hydrogens (tertiary/aromatic N) is 6. The van der Waals surface area contributed by atoms with Gasteiger partial charge in [-0.2, -0.15) is 5.10 Å². The van der Waals surface area contributed by atoms with Crippen molar-refractivity contribution in [1.82, 2.24) is 29.5 Å². The number of fused-ring (bicyclic) bond motifs is 1. The minimum atomic E-state index is -0.368. The number of aromatic nitrogens is 4. The number of nitrogen functional groups attached to an aromatic ring is 1. The van der Waals surface area contributed by atoms with E-state index in [1.807, 2.05) is 43.7 Å². The summed E-state index contributed by atoms with van der Waals surface area (Å²) in [5, 5.41) is 8.85. The van der Waals surface area contributed by atoms with Gasteiger partial charge in [0.1, 0.15) is 35.2 Å². The van der Waals surface area contributed by atoms with E-state index in [9.17, 15) is 0 Å². The van der Waals surface area contributed by atoms with Crippen LogP contribution < -0.4 is 11.1 Å². The lowest BCUT2D eigenvalue weighted by Gasteiger charge is -2.41. The number of nitrogens with two attached hydrogens (primary N) is 1. The number of hydrogen-bond donors (Lipinski definition) is 2. The molecule has 1 aromatic carbocycles. The fourth-order valence-corrected chi connectivity index (χ4v) is 6.34. The Labute approximate surface area is 260 Å². The van der Waals surface area contributed by atoms with Crippen LogP contribution in [0.5, 0.6) is 0 Å². The molecule has 44 heavy (non-hydrogen) atoms. The first-order valence-electron chi connectivity index (χ1n) is 16.1. The van der Waals surface area contributed by atoms with E-state index < -0.39 is 0 Å². The van der Waals surface area contributed by atoms with E-state index in [0.717, 1.165) is 75.4 Å². The largest absolute Gasteiger partial charge is 0.460 e. The highest BCUT2D eigenvalue weighted by molar-refractivity contribution is 5.98. The van der Waals surface area contributed by atoms with Crippen molar-refractivity contribution in [2.75, 3.05) is 44.3 Å². The quantitative estimate of drug-likeness (QED) is 0.224. The molecule has 0 bridgehead atoms. The molecule has 2 aliphatic rings. The standard InChI is InChI=1S/C32H41FN8O.C2H6/c1-4-5-6-28-21(2)17-25(42-28)19-35-27-12-7-22(18-26(27)33)30-29-31(34)36-20-37-32(29)41(38-30)24-10-8-23(9-11-24)40-15-13-39(3)14-16-40;1-2/h5-7,12,17-18,20,23-24,35H,4,8-11,13-16,19H2,1-3H3,(H2,34,36,37);1-2H3/b6-5-;. The first-order chi connectivity index (χ1) is 21.4. The first kappa shape index (κ1) is 31.7. The monoisotopic (exact) mass is 602 g/mol. The number of halogens is 1. The van der Waals surface area contributed by atoms with Gasteiger partial charge in [0.15, 0.2) is 5.65 Å². The fraction of sp³-hybridized carbons (Fsp3) is 0.500. The third-order valence-electron chi connectivity index (χ3n) is 8.79. The van der Waals surface area contributed by atoms with E-state index >= 15 is 4.39 Å². The lowest BCUT2D eigenvalue weighted by Crippen LogP contribution is -2.49. The third kappa shape index (κ3) is 6.81. The van der Waals surface area contributed by atoms with E-state index in [-0.39, 0.29) is 11.9 Å². The zero-order valence-electron chi connectivity index (χ0n) is 26.8. The molecule has 2 fully saturated rings. The number of anilines is 2. The molecular formula is C34H47FN8O. The van der Waals surface area contributed by atoms with Crippen LogP contribution in [0.3, 0.4) is 0 Å². The van der Waals surface area contributed by atoms with E-state index in [4.69, 9.17) is 15.2 Å². The maximum atomic E-state index is 15.4. The number of furan rings is 1.